The molecule has 0 saturated carbocycles. The lowest BCUT2D eigenvalue weighted by Crippen LogP contribution is -2.42. The van der Waals surface area contributed by atoms with Crippen molar-refractivity contribution in [1.29, 1.82) is 0 Å². The van der Waals surface area contributed by atoms with Crippen molar-refractivity contribution in [2.45, 2.75) is 32.1 Å². The highest BCUT2D eigenvalue weighted by Gasteiger charge is 2.38. The lowest BCUT2D eigenvalue weighted by atomic mass is 9.97. The molecule has 1 heterocycles. The Hall–Kier alpha value is -4.10. The molecule has 13 heteroatoms. The Morgan fingerprint density at radius 3 is 2.18 bits per heavy atom. The average Bonchev–Trinajstić information content (AvgIpc) is 3.33. The Bertz CT molecular complexity index is 1510. The second kappa shape index (κ2) is 12.2. The Morgan fingerprint density at radius 2 is 1.64 bits per heavy atom. The molecule has 7 nitrogen and oxygen atoms in total. The van der Waals surface area contributed by atoms with Gasteiger partial charge in [-0.15, -0.1) is 11.3 Å². The van der Waals surface area contributed by atoms with Crippen molar-refractivity contribution < 1.29 is 36.7 Å². The number of carboxylic acids is 1. The first kappa shape index (κ1) is 29.5. The number of hydrogen-bond donors (Lipinski definition) is 3. The number of rotatable bonds is 8. The smallest absolute Gasteiger partial charge is 0.475 e. The molecule has 0 amide bonds. The van der Waals surface area contributed by atoms with Gasteiger partial charge in [0.05, 0.1) is 17.3 Å². The van der Waals surface area contributed by atoms with E-state index < -0.39 is 46.7 Å². The molecule has 0 aliphatic rings. The molecule has 1 aromatic heterocycles. The van der Waals surface area contributed by atoms with Crippen molar-refractivity contribution in [3.63, 3.8) is 0 Å². The third kappa shape index (κ3) is 7.27. The summed E-state index contributed by atoms with van der Waals surface area (Å²) >= 11 is 1.43. The molecule has 0 aliphatic heterocycles. The van der Waals surface area contributed by atoms with E-state index in [0.29, 0.717) is 11.3 Å². The fourth-order valence-corrected chi connectivity index (χ4v) is 4.37. The van der Waals surface area contributed by atoms with Crippen LogP contribution in [0.3, 0.4) is 0 Å². The van der Waals surface area contributed by atoms with E-state index >= 15 is 0 Å². The molecule has 0 radical (unpaired) electrons. The van der Waals surface area contributed by atoms with Crippen LogP contribution in [0.25, 0.3) is 0 Å². The minimum absolute atomic E-state index is 0.0695. The van der Waals surface area contributed by atoms with E-state index in [4.69, 9.17) is 14.7 Å². The molecule has 2 atom stereocenters. The molecule has 0 aliphatic carbocycles. The largest absolute Gasteiger partial charge is 0.490 e. The number of carboxylic acid groups (broad SMARTS) is 1. The summed E-state index contributed by atoms with van der Waals surface area (Å²) in [6.07, 6.45) is -5.08. The monoisotopic (exact) mass is 568 g/mol. The highest BCUT2D eigenvalue weighted by atomic mass is 32.1. The fourth-order valence-electron chi connectivity index (χ4n) is 3.41. The number of alkyl halides is 3. The minimum atomic E-state index is -5.08. The predicted octanol–water partition coefficient (Wildman–Crippen LogP) is 5.41. The van der Waals surface area contributed by atoms with Crippen molar-refractivity contribution in [1.82, 2.24) is 5.32 Å². The van der Waals surface area contributed by atoms with Crippen molar-refractivity contribution in [2.75, 3.05) is 5.48 Å². The van der Waals surface area contributed by atoms with E-state index in [9.17, 15) is 31.5 Å². The topological polar surface area (TPSA) is 105 Å². The zero-order valence-corrected chi connectivity index (χ0v) is 21.1. The van der Waals surface area contributed by atoms with Gasteiger partial charge in [-0.2, -0.15) is 13.2 Å². The molecular formula is C26H21F5N2O5S. The maximum absolute atomic E-state index is 13.7. The predicted molar refractivity (Wildman–Crippen MR) is 135 cm³/mol. The van der Waals surface area contributed by atoms with Gasteiger partial charge in [-0.3, -0.25) is 14.9 Å². The normalized spacial score (nSPS) is 12.8. The van der Waals surface area contributed by atoms with Crippen LogP contribution in [0.5, 0.6) is 5.75 Å². The van der Waals surface area contributed by atoms with Crippen LogP contribution in [0, 0.1) is 18.6 Å². The standard InChI is InChI=1S/C24H20F2N2O3S.C2HF3O2/c1-13-10-19(32-12-13)21(27-14(2)15-8-9-17(25)18(26)11-15)20-22(29)23(30)24(20)31-28-16-6-4-3-5-7-16;3-2(4,5)1(6)7/h3-12,14,21,27-28H,1-2H3;(H,6,7). The van der Waals surface area contributed by atoms with E-state index in [0.717, 1.165) is 22.6 Å². The first-order chi connectivity index (χ1) is 18.3. The van der Waals surface area contributed by atoms with Gasteiger partial charge in [0.25, 0.3) is 5.43 Å². The van der Waals surface area contributed by atoms with Crippen molar-refractivity contribution >= 4 is 23.0 Å². The number of aliphatic carboxylic acids is 1. The van der Waals surface area contributed by atoms with Gasteiger partial charge >= 0.3 is 12.1 Å². The van der Waals surface area contributed by atoms with Gasteiger partial charge in [0.2, 0.25) is 11.2 Å². The number of halogens is 5. The Balaban J connectivity index is 0.000000532. The molecule has 4 aromatic rings. The number of hydrogen-bond acceptors (Lipinski definition) is 7. The van der Waals surface area contributed by atoms with Gasteiger partial charge in [-0.1, -0.05) is 24.3 Å². The van der Waals surface area contributed by atoms with Crippen LogP contribution in [-0.2, 0) is 4.79 Å². The highest BCUT2D eigenvalue weighted by Crippen LogP contribution is 2.33. The number of benzene rings is 2. The summed E-state index contributed by atoms with van der Waals surface area (Å²) in [5.74, 6) is -4.71. The molecule has 2 unspecified atom stereocenters. The molecule has 0 saturated heterocycles. The van der Waals surface area contributed by atoms with Gasteiger partial charge in [-0.05, 0) is 60.7 Å². The Labute approximate surface area is 222 Å². The maximum Gasteiger partial charge on any atom is 0.490 e. The van der Waals surface area contributed by atoms with Crippen molar-refractivity contribution in [3.05, 3.63) is 114 Å². The quantitative estimate of drug-likeness (QED) is 0.148. The number of carbonyl (C=O) groups is 1. The molecule has 4 rings (SSSR count). The summed E-state index contributed by atoms with van der Waals surface area (Å²) < 4.78 is 58.8. The number of para-hydroxylation sites is 1. The zero-order valence-electron chi connectivity index (χ0n) is 20.3. The first-order valence-electron chi connectivity index (χ1n) is 11.2. The van der Waals surface area contributed by atoms with Crippen LogP contribution in [0.15, 0.2) is 69.6 Å². The molecule has 0 bridgehead atoms. The molecule has 0 fully saturated rings. The van der Waals surface area contributed by atoms with Gasteiger partial charge in [0.1, 0.15) is 0 Å². The highest BCUT2D eigenvalue weighted by molar-refractivity contribution is 7.10. The van der Waals surface area contributed by atoms with Crippen molar-refractivity contribution in [2.24, 2.45) is 0 Å². The number of aryl methyl sites for hydroxylation is 1. The summed E-state index contributed by atoms with van der Waals surface area (Å²) in [6.45, 7) is 3.70. The van der Waals surface area contributed by atoms with Gasteiger partial charge in [0, 0.05) is 10.9 Å². The SMILES string of the molecule is Cc1csc(C(NC(C)c2ccc(F)c(F)c2)c2c(ONc3ccccc3)c(=O)c2=O)c1.O=C(O)C(F)(F)F. The van der Waals surface area contributed by atoms with Gasteiger partial charge < -0.3 is 9.94 Å². The zero-order chi connectivity index (χ0) is 28.9. The summed E-state index contributed by atoms with van der Waals surface area (Å²) in [4.78, 5) is 40.0. The molecule has 39 heavy (non-hydrogen) atoms. The van der Waals surface area contributed by atoms with Crippen LogP contribution in [0.4, 0.5) is 27.6 Å². The Kier molecular flexibility index (Phi) is 9.20. The summed E-state index contributed by atoms with van der Waals surface area (Å²) in [6, 6.07) is 13.4. The van der Waals surface area contributed by atoms with Crippen LogP contribution in [0.2, 0.25) is 0 Å². The Morgan fingerprint density at radius 1 is 1.00 bits per heavy atom. The van der Waals surface area contributed by atoms with Gasteiger partial charge in [0.15, 0.2) is 11.6 Å². The van der Waals surface area contributed by atoms with E-state index in [2.05, 4.69) is 10.8 Å². The molecular weight excluding hydrogens is 547 g/mol. The lowest BCUT2D eigenvalue weighted by molar-refractivity contribution is -0.192. The van der Waals surface area contributed by atoms with E-state index in [1.54, 1.807) is 31.2 Å². The third-order valence-corrected chi connectivity index (χ3v) is 6.49. The number of thiophene rings is 1. The lowest BCUT2D eigenvalue weighted by Gasteiger charge is -2.25. The molecule has 3 aromatic carbocycles. The summed E-state index contributed by atoms with van der Waals surface area (Å²) in [7, 11) is 0. The fraction of sp³-hybridized carbons (Fsp3) is 0.192. The van der Waals surface area contributed by atoms with E-state index in [-0.39, 0.29) is 11.3 Å². The molecule has 206 valence electrons. The average molecular weight is 569 g/mol. The summed E-state index contributed by atoms with van der Waals surface area (Å²) in [5.41, 5.74) is 3.65. The summed E-state index contributed by atoms with van der Waals surface area (Å²) in [5, 5.41) is 12.3. The third-order valence-electron chi connectivity index (χ3n) is 5.37. The van der Waals surface area contributed by atoms with Crippen LogP contribution in [-0.4, -0.2) is 17.3 Å². The van der Waals surface area contributed by atoms with Gasteiger partial charge in [-0.25, -0.2) is 19.1 Å². The van der Waals surface area contributed by atoms with E-state index in [1.165, 1.54) is 17.4 Å². The number of anilines is 1. The van der Waals surface area contributed by atoms with Crippen LogP contribution < -0.4 is 26.5 Å². The van der Waals surface area contributed by atoms with Crippen molar-refractivity contribution in [3.8, 4) is 5.75 Å². The molecule has 0 spiro atoms. The minimum Gasteiger partial charge on any atom is -0.475 e. The van der Waals surface area contributed by atoms with E-state index in [1.807, 2.05) is 24.4 Å². The number of nitrogens with one attached hydrogen (secondary N) is 2. The first-order valence-corrected chi connectivity index (χ1v) is 12.0. The molecule has 3 N–H and O–H groups in total. The second-order valence-electron chi connectivity index (χ2n) is 8.30. The van der Waals surface area contributed by atoms with Crippen LogP contribution in [0.1, 0.15) is 40.6 Å². The second-order valence-corrected chi connectivity index (χ2v) is 9.24. The van der Waals surface area contributed by atoms with Crippen LogP contribution >= 0.6 is 11.3 Å². The maximum atomic E-state index is 13.7.